The third-order valence-corrected chi connectivity index (χ3v) is 4.26. The van der Waals surface area contributed by atoms with E-state index in [4.69, 9.17) is 9.47 Å². The lowest BCUT2D eigenvalue weighted by Crippen LogP contribution is -2.30. The molecule has 2 aromatic rings. The van der Waals surface area contributed by atoms with Gasteiger partial charge in [0.05, 0.1) is 25.8 Å². The fraction of sp³-hybridized carbons (Fsp3) is 0.316. The first-order valence-corrected chi connectivity index (χ1v) is 7.90. The van der Waals surface area contributed by atoms with Crippen LogP contribution in [0.5, 0.6) is 11.5 Å². The van der Waals surface area contributed by atoms with Gasteiger partial charge in [-0.3, -0.25) is 4.79 Å². The maximum absolute atomic E-state index is 13.5. The van der Waals surface area contributed by atoms with Crippen molar-refractivity contribution in [2.75, 3.05) is 14.2 Å². The molecule has 0 saturated heterocycles. The van der Waals surface area contributed by atoms with E-state index in [-0.39, 0.29) is 17.5 Å². The number of methoxy groups -OCH3 is 2. The molecule has 0 aliphatic heterocycles. The Balaban J connectivity index is 1.83. The van der Waals surface area contributed by atoms with Crippen molar-refractivity contribution in [3.8, 4) is 11.5 Å². The summed E-state index contributed by atoms with van der Waals surface area (Å²) < 4.78 is 23.9. The maximum atomic E-state index is 13.5. The summed E-state index contributed by atoms with van der Waals surface area (Å²) in [5.41, 5.74) is 1.22. The van der Waals surface area contributed by atoms with Gasteiger partial charge in [0, 0.05) is 0 Å². The number of hydrogen-bond donors (Lipinski definition) is 1. The zero-order valence-corrected chi connectivity index (χ0v) is 13.7. The van der Waals surface area contributed by atoms with Gasteiger partial charge in [-0.2, -0.15) is 0 Å². The third kappa shape index (κ3) is 3.50. The van der Waals surface area contributed by atoms with Crippen molar-refractivity contribution in [3.05, 3.63) is 59.4 Å². The van der Waals surface area contributed by atoms with Crippen LogP contribution in [0.4, 0.5) is 4.39 Å². The summed E-state index contributed by atoms with van der Waals surface area (Å²) in [6.07, 6.45) is 2.13. The fourth-order valence-corrected chi connectivity index (χ4v) is 2.79. The first-order valence-electron chi connectivity index (χ1n) is 7.90. The van der Waals surface area contributed by atoms with Gasteiger partial charge in [-0.1, -0.05) is 12.1 Å². The van der Waals surface area contributed by atoms with Crippen LogP contribution >= 0.6 is 0 Å². The molecule has 0 aromatic heterocycles. The maximum Gasteiger partial charge on any atom is 0.255 e. The van der Waals surface area contributed by atoms with Gasteiger partial charge in [-0.05, 0) is 54.7 Å². The van der Waals surface area contributed by atoms with Gasteiger partial charge < -0.3 is 14.8 Å². The average Bonchev–Trinajstić information content (AvgIpc) is 3.44. The third-order valence-electron chi connectivity index (χ3n) is 4.26. The fourth-order valence-electron chi connectivity index (χ4n) is 2.79. The minimum Gasteiger partial charge on any atom is -0.497 e. The van der Waals surface area contributed by atoms with E-state index in [0.717, 1.165) is 24.2 Å². The van der Waals surface area contributed by atoms with Crippen LogP contribution in [0.25, 0.3) is 0 Å². The molecule has 1 aliphatic carbocycles. The zero-order valence-electron chi connectivity index (χ0n) is 13.7. The first kappa shape index (κ1) is 16.3. The smallest absolute Gasteiger partial charge is 0.255 e. The molecule has 0 heterocycles. The lowest BCUT2D eigenvalue weighted by Gasteiger charge is -2.20. The number of carbonyl (C=O) groups excluding carboxylic acids is 1. The summed E-state index contributed by atoms with van der Waals surface area (Å²) in [7, 11) is 3.08. The standard InChI is InChI=1S/C19H20FNO3/c1-23-15-8-5-13(6-9-15)18(12-3-4-12)21-19(22)16-11-14(20)7-10-17(16)24-2/h5-12,18H,3-4H2,1-2H3,(H,21,22). The molecule has 1 unspecified atom stereocenters. The second-order valence-corrected chi connectivity index (χ2v) is 5.91. The molecule has 24 heavy (non-hydrogen) atoms. The van der Waals surface area contributed by atoms with Crippen molar-refractivity contribution in [3.63, 3.8) is 0 Å². The van der Waals surface area contributed by atoms with Crippen LogP contribution in [-0.2, 0) is 0 Å². The number of amides is 1. The van der Waals surface area contributed by atoms with Crippen molar-refractivity contribution < 1.29 is 18.7 Å². The molecule has 4 nitrogen and oxygen atoms in total. The normalized spacial score (nSPS) is 14.8. The molecule has 0 spiro atoms. The SMILES string of the molecule is COc1ccc(C(NC(=O)c2cc(F)ccc2OC)C2CC2)cc1. The average molecular weight is 329 g/mol. The Hall–Kier alpha value is -2.56. The Labute approximate surface area is 140 Å². The summed E-state index contributed by atoms with van der Waals surface area (Å²) in [4.78, 5) is 12.6. The lowest BCUT2D eigenvalue weighted by atomic mass is 10.0. The number of halogens is 1. The number of carbonyl (C=O) groups is 1. The highest BCUT2D eigenvalue weighted by atomic mass is 19.1. The molecule has 3 rings (SSSR count). The van der Waals surface area contributed by atoms with Crippen molar-refractivity contribution in [2.24, 2.45) is 5.92 Å². The Kier molecular flexibility index (Phi) is 4.69. The zero-order chi connectivity index (χ0) is 17.1. The minimum atomic E-state index is -0.464. The van der Waals surface area contributed by atoms with Gasteiger partial charge in [-0.25, -0.2) is 4.39 Å². The van der Waals surface area contributed by atoms with E-state index >= 15 is 0 Å². The molecule has 2 aromatic carbocycles. The number of hydrogen-bond acceptors (Lipinski definition) is 3. The number of benzene rings is 2. The predicted molar refractivity (Wildman–Crippen MR) is 88.9 cm³/mol. The topological polar surface area (TPSA) is 47.6 Å². The van der Waals surface area contributed by atoms with E-state index in [1.165, 1.54) is 25.3 Å². The molecule has 1 fully saturated rings. The van der Waals surface area contributed by atoms with Gasteiger partial charge in [0.2, 0.25) is 0 Å². The highest BCUT2D eigenvalue weighted by molar-refractivity contribution is 5.97. The monoisotopic (exact) mass is 329 g/mol. The Morgan fingerprint density at radius 3 is 2.42 bits per heavy atom. The summed E-state index contributed by atoms with van der Waals surface area (Å²) in [5, 5.41) is 3.02. The van der Waals surface area contributed by atoms with E-state index in [2.05, 4.69) is 5.32 Å². The van der Waals surface area contributed by atoms with Gasteiger partial charge in [-0.15, -0.1) is 0 Å². The van der Waals surface area contributed by atoms with Gasteiger partial charge in [0.25, 0.3) is 5.91 Å². The Morgan fingerprint density at radius 1 is 1.12 bits per heavy atom. The van der Waals surface area contributed by atoms with E-state index in [1.807, 2.05) is 24.3 Å². The van der Waals surface area contributed by atoms with E-state index in [9.17, 15) is 9.18 Å². The molecule has 1 aliphatic rings. The molecule has 1 N–H and O–H groups in total. The predicted octanol–water partition coefficient (Wildman–Crippen LogP) is 3.72. The summed E-state index contributed by atoms with van der Waals surface area (Å²) >= 11 is 0. The highest BCUT2D eigenvalue weighted by Crippen LogP contribution is 2.41. The summed E-state index contributed by atoms with van der Waals surface area (Å²) in [6, 6.07) is 11.5. The first-order chi connectivity index (χ1) is 11.6. The molecule has 1 saturated carbocycles. The van der Waals surface area contributed by atoms with Crippen LogP contribution in [-0.4, -0.2) is 20.1 Å². The minimum absolute atomic E-state index is 0.101. The molecule has 0 bridgehead atoms. The molecule has 0 radical (unpaired) electrons. The van der Waals surface area contributed by atoms with E-state index < -0.39 is 5.82 Å². The van der Waals surface area contributed by atoms with Crippen LogP contribution in [0.15, 0.2) is 42.5 Å². The van der Waals surface area contributed by atoms with E-state index in [0.29, 0.717) is 11.7 Å². The molecule has 5 heteroatoms. The van der Waals surface area contributed by atoms with Gasteiger partial charge in [0.15, 0.2) is 0 Å². The van der Waals surface area contributed by atoms with Crippen LogP contribution in [0.3, 0.4) is 0 Å². The van der Waals surface area contributed by atoms with Crippen LogP contribution < -0.4 is 14.8 Å². The molecule has 1 atom stereocenters. The number of nitrogens with one attached hydrogen (secondary N) is 1. The highest BCUT2D eigenvalue weighted by Gasteiger charge is 2.34. The second-order valence-electron chi connectivity index (χ2n) is 5.91. The second kappa shape index (κ2) is 6.91. The van der Waals surface area contributed by atoms with Crippen molar-refractivity contribution in [1.29, 1.82) is 0 Å². The van der Waals surface area contributed by atoms with Crippen molar-refractivity contribution in [2.45, 2.75) is 18.9 Å². The molecular weight excluding hydrogens is 309 g/mol. The van der Waals surface area contributed by atoms with Crippen LogP contribution in [0.1, 0.15) is 34.8 Å². The quantitative estimate of drug-likeness (QED) is 0.878. The summed E-state index contributed by atoms with van der Waals surface area (Å²) in [5.74, 6) is 0.735. The van der Waals surface area contributed by atoms with Gasteiger partial charge >= 0.3 is 0 Å². The van der Waals surface area contributed by atoms with Gasteiger partial charge in [0.1, 0.15) is 17.3 Å². The molecule has 126 valence electrons. The Morgan fingerprint density at radius 2 is 1.83 bits per heavy atom. The number of ether oxygens (including phenoxy) is 2. The lowest BCUT2D eigenvalue weighted by molar-refractivity contribution is 0.0928. The largest absolute Gasteiger partial charge is 0.497 e. The Bertz CT molecular complexity index is 726. The summed E-state index contributed by atoms with van der Waals surface area (Å²) in [6.45, 7) is 0. The number of rotatable bonds is 6. The van der Waals surface area contributed by atoms with Crippen molar-refractivity contribution in [1.82, 2.24) is 5.32 Å². The molecule has 1 amide bonds. The van der Waals surface area contributed by atoms with E-state index in [1.54, 1.807) is 7.11 Å². The molecular formula is C19H20FNO3. The van der Waals surface area contributed by atoms with Crippen LogP contribution in [0.2, 0.25) is 0 Å². The van der Waals surface area contributed by atoms with Crippen LogP contribution in [0, 0.1) is 11.7 Å². The van der Waals surface area contributed by atoms with Crippen molar-refractivity contribution >= 4 is 5.91 Å².